The highest BCUT2D eigenvalue weighted by atomic mass is 31.2. The van der Waals surface area contributed by atoms with Gasteiger partial charge in [-0.2, -0.15) is 0 Å². The molecule has 0 saturated heterocycles. The third-order valence-corrected chi connectivity index (χ3v) is 11.8. The Hall–Kier alpha value is -3.10. The van der Waals surface area contributed by atoms with Gasteiger partial charge in [0, 0.05) is 19.6 Å². The molecule has 0 aliphatic rings. The van der Waals surface area contributed by atoms with Crippen molar-refractivity contribution in [2.75, 3.05) is 33.0 Å². The average molecular weight is 966 g/mol. The Kier molecular flexibility index (Phi) is 52.3. The van der Waals surface area contributed by atoms with Crippen molar-refractivity contribution in [2.45, 2.75) is 213 Å². The summed E-state index contributed by atoms with van der Waals surface area (Å²) in [6.45, 7) is 4.70. The summed E-state index contributed by atoms with van der Waals surface area (Å²) in [5, 5.41) is 0. The Morgan fingerprint density at radius 1 is 0.456 bits per heavy atom. The monoisotopic (exact) mass is 966 g/mol. The Bertz CT molecular complexity index is 1460. The molecule has 68 heavy (non-hydrogen) atoms. The quantitative estimate of drug-likeness (QED) is 0.0268. The number of phosphoric ester groups is 1. The summed E-state index contributed by atoms with van der Waals surface area (Å²) in [5.74, 6) is -0.351. The fourth-order valence-corrected chi connectivity index (χ4v) is 7.69. The van der Waals surface area contributed by atoms with Gasteiger partial charge in [0.25, 0.3) is 0 Å². The second-order valence-electron chi connectivity index (χ2n) is 17.4. The molecule has 0 radical (unpaired) electrons. The molecule has 0 aromatic carbocycles. The highest BCUT2D eigenvalue weighted by molar-refractivity contribution is 7.47. The molecule has 0 aromatic rings. The van der Waals surface area contributed by atoms with E-state index in [4.69, 9.17) is 24.3 Å². The fraction of sp³-hybridized carbons (Fsp3) is 0.644. The van der Waals surface area contributed by atoms with Crippen LogP contribution in [0.15, 0.2) is 122 Å². The first-order valence-corrected chi connectivity index (χ1v) is 28.5. The average Bonchev–Trinajstić information content (AvgIpc) is 3.33. The highest BCUT2D eigenvalue weighted by Crippen LogP contribution is 2.43. The number of carbonyl (C=O) groups excluding carboxylic acids is 1. The van der Waals surface area contributed by atoms with E-state index >= 15 is 0 Å². The van der Waals surface area contributed by atoms with E-state index in [1.54, 1.807) is 0 Å². The summed E-state index contributed by atoms with van der Waals surface area (Å²) in [4.78, 5) is 22.6. The van der Waals surface area contributed by atoms with E-state index in [0.29, 0.717) is 13.0 Å². The zero-order valence-electron chi connectivity index (χ0n) is 43.3. The highest BCUT2D eigenvalue weighted by Gasteiger charge is 2.25. The number of allylic oxidation sites excluding steroid dienone is 20. The van der Waals surface area contributed by atoms with Crippen molar-refractivity contribution < 1.29 is 32.8 Å². The van der Waals surface area contributed by atoms with Crippen LogP contribution in [0, 0.1) is 0 Å². The Labute approximate surface area is 417 Å². The zero-order chi connectivity index (χ0) is 49.4. The van der Waals surface area contributed by atoms with Gasteiger partial charge < -0.3 is 20.1 Å². The van der Waals surface area contributed by atoms with E-state index in [-0.39, 0.29) is 32.3 Å². The lowest BCUT2D eigenvalue weighted by molar-refractivity contribution is -0.154. The number of hydrogen-bond acceptors (Lipinski definition) is 7. The molecule has 0 amide bonds. The van der Waals surface area contributed by atoms with Gasteiger partial charge in [-0.15, -0.1) is 0 Å². The van der Waals surface area contributed by atoms with Crippen LogP contribution in [0.1, 0.15) is 206 Å². The van der Waals surface area contributed by atoms with Crippen LogP contribution < -0.4 is 5.73 Å². The maximum Gasteiger partial charge on any atom is 0.472 e. The van der Waals surface area contributed by atoms with E-state index < -0.39 is 13.9 Å². The number of phosphoric acid groups is 1. The lowest BCUT2D eigenvalue weighted by Crippen LogP contribution is -2.28. The van der Waals surface area contributed by atoms with Crippen LogP contribution in [0.4, 0.5) is 0 Å². The summed E-state index contributed by atoms with van der Waals surface area (Å²) in [5.41, 5.74) is 5.39. The normalized spacial score (nSPS) is 14.2. The molecule has 0 bridgehead atoms. The Morgan fingerprint density at radius 2 is 0.824 bits per heavy atom. The summed E-state index contributed by atoms with van der Waals surface area (Å²) in [6, 6.07) is 0. The molecular formula is C59H100NO7P. The molecule has 2 unspecified atom stereocenters. The third kappa shape index (κ3) is 53.8. The van der Waals surface area contributed by atoms with Crippen molar-refractivity contribution in [3.8, 4) is 0 Å². The maximum atomic E-state index is 12.7. The predicted octanol–water partition coefficient (Wildman–Crippen LogP) is 17.3. The minimum absolute atomic E-state index is 0.0872. The molecule has 2 atom stereocenters. The minimum Gasteiger partial charge on any atom is -0.457 e. The van der Waals surface area contributed by atoms with Crippen LogP contribution in [-0.2, 0) is 27.9 Å². The first-order valence-electron chi connectivity index (χ1n) is 27.0. The van der Waals surface area contributed by atoms with Crippen LogP contribution >= 0.6 is 7.82 Å². The standard InChI is InChI=1S/C59H100NO7P/c1-3-5-7-9-11-13-15-17-19-21-23-25-27-28-29-31-33-35-37-39-41-43-45-47-49-51-54-64-56-58(57-66-68(62,63)65-55-53-60)67-59(61)52-50-48-46-44-42-40-38-36-34-32-30-26-24-22-20-18-16-14-12-10-8-6-4-2/h5,7,11,13,16-19,22-25,28-30,32-33,35,39,41,58H,3-4,6,8-10,12,14-15,20-21,26-27,31,34,36-38,40,42-57,60H2,1-2H3,(H,62,63)/b7-5-,13-11-,18-16-,19-17-,24-22-,25-23-,29-28-,32-30-,35-33-,41-39-. The number of carbonyl (C=O) groups is 1. The van der Waals surface area contributed by atoms with Gasteiger partial charge >= 0.3 is 13.8 Å². The van der Waals surface area contributed by atoms with E-state index in [9.17, 15) is 14.3 Å². The summed E-state index contributed by atoms with van der Waals surface area (Å²) >= 11 is 0. The molecule has 0 saturated carbocycles. The first-order chi connectivity index (χ1) is 33.4. The largest absolute Gasteiger partial charge is 0.472 e. The van der Waals surface area contributed by atoms with Gasteiger partial charge in [0.15, 0.2) is 0 Å². The molecule has 0 rings (SSSR count). The molecular weight excluding hydrogens is 866 g/mol. The van der Waals surface area contributed by atoms with Crippen LogP contribution in [0.5, 0.6) is 0 Å². The summed E-state index contributed by atoms with van der Waals surface area (Å²) < 4.78 is 33.6. The van der Waals surface area contributed by atoms with Gasteiger partial charge in [0.2, 0.25) is 0 Å². The summed E-state index contributed by atoms with van der Waals surface area (Å²) in [7, 11) is -4.31. The van der Waals surface area contributed by atoms with Gasteiger partial charge in [-0.25, -0.2) is 4.57 Å². The number of rotatable bonds is 50. The molecule has 8 nitrogen and oxygen atoms in total. The zero-order valence-corrected chi connectivity index (χ0v) is 44.2. The van der Waals surface area contributed by atoms with Gasteiger partial charge in [0.1, 0.15) is 6.10 Å². The predicted molar refractivity (Wildman–Crippen MR) is 293 cm³/mol. The van der Waals surface area contributed by atoms with E-state index in [1.807, 2.05) is 0 Å². The second-order valence-corrected chi connectivity index (χ2v) is 18.8. The van der Waals surface area contributed by atoms with E-state index in [2.05, 4.69) is 135 Å². The Morgan fingerprint density at radius 3 is 1.24 bits per heavy atom. The number of esters is 1. The van der Waals surface area contributed by atoms with Gasteiger partial charge in [0.05, 0.1) is 19.8 Å². The minimum atomic E-state index is -4.31. The van der Waals surface area contributed by atoms with E-state index in [1.165, 1.54) is 70.6 Å². The lowest BCUT2D eigenvalue weighted by atomic mass is 10.1. The Balaban J connectivity index is 4.06. The molecule has 0 aromatic heterocycles. The lowest BCUT2D eigenvalue weighted by Gasteiger charge is -2.20. The SMILES string of the molecule is CC/C=C\C/C=C\C/C=C\C/C=C\C/C=C\C/C=C\C/C=C\CCCCCCOCC(COP(=O)(O)OCCN)OC(=O)CCCCCCCCCC/C=C\C/C=C\C/C=C\CCCCCCC. The van der Waals surface area contributed by atoms with Crippen molar-refractivity contribution in [1.29, 1.82) is 0 Å². The van der Waals surface area contributed by atoms with Crippen molar-refractivity contribution in [2.24, 2.45) is 5.73 Å². The van der Waals surface area contributed by atoms with Crippen molar-refractivity contribution in [3.63, 3.8) is 0 Å². The molecule has 0 fully saturated rings. The second kappa shape index (κ2) is 54.8. The molecule has 3 N–H and O–H groups in total. The van der Waals surface area contributed by atoms with Crippen molar-refractivity contribution in [3.05, 3.63) is 122 Å². The van der Waals surface area contributed by atoms with Gasteiger partial charge in [-0.1, -0.05) is 212 Å². The third-order valence-electron chi connectivity index (χ3n) is 10.9. The van der Waals surface area contributed by atoms with Gasteiger partial charge in [-0.3, -0.25) is 13.8 Å². The molecule has 9 heteroatoms. The molecule has 0 spiro atoms. The van der Waals surface area contributed by atoms with Crippen LogP contribution in [0.2, 0.25) is 0 Å². The molecule has 388 valence electrons. The number of unbranched alkanes of at least 4 members (excludes halogenated alkanes) is 17. The van der Waals surface area contributed by atoms with E-state index in [0.717, 1.165) is 116 Å². The number of ether oxygens (including phenoxy) is 2. The fourth-order valence-electron chi connectivity index (χ4n) is 6.92. The van der Waals surface area contributed by atoms with Crippen molar-refractivity contribution in [1.82, 2.24) is 0 Å². The van der Waals surface area contributed by atoms with Crippen LogP contribution in [0.25, 0.3) is 0 Å². The molecule has 0 aliphatic carbocycles. The molecule has 0 heterocycles. The molecule has 0 aliphatic heterocycles. The van der Waals surface area contributed by atoms with Crippen LogP contribution in [0.3, 0.4) is 0 Å². The number of nitrogens with two attached hydrogens (primary N) is 1. The first kappa shape index (κ1) is 64.9. The van der Waals surface area contributed by atoms with Gasteiger partial charge in [-0.05, 0) is 109 Å². The maximum absolute atomic E-state index is 12.7. The summed E-state index contributed by atoms with van der Waals surface area (Å²) in [6.07, 6.45) is 76.6. The topological polar surface area (TPSA) is 117 Å². The van der Waals surface area contributed by atoms with Crippen molar-refractivity contribution >= 4 is 13.8 Å². The van der Waals surface area contributed by atoms with Crippen LogP contribution in [-0.4, -0.2) is 49.9 Å². The number of hydrogen-bond donors (Lipinski definition) is 2. The smallest absolute Gasteiger partial charge is 0.457 e.